The zero-order chi connectivity index (χ0) is 19.5. The van der Waals surface area contributed by atoms with Crippen LogP contribution in [-0.4, -0.2) is 55.7 Å². The van der Waals surface area contributed by atoms with Crippen LogP contribution in [0.5, 0.6) is 0 Å². The number of amides is 1. The average molecular weight is 376 g/mol. The third kappa shape index (κ3) is 3.66. The van der Waals surface area contributed by atoms with Crippen LogP contribution in [0.3, 0.4) is 0 Å². The van der Waals surface area contributed by atoms with E-state index in [1.165, 1.54) is 0 Å². The van der Waals surface area contributed by atoms with Gasteiger partial charge in [0.1, 0.15) is 5.82 Å². The molecule has 7 nitrogen and oxygen atoms in total. The summed E-state index contributed by atoms with van der Waals surface area (Å²) in [5, 5.41) is 7.69. The molecule has 1 N–H and O–H groups in total. The standard InChI is InChI=1S/C21H24N6O/c1-15(2)26-13-12-23-21(28)17(26)14-19-24-20(16-8-4-3-5-9-16)25-27(19)18-10-6-7-11-22-18/h3-11,15,17H,12-14H2,1-2H3,(H,23,28)/t17-/m1/s1. The molecular formula is C21H24N6O. The lowest BCUT2D eigenvalue weighted by Crippen LogP contribution is -2.58. The topological polar surface area (TPSA) is 75.9 Å². The third-order valence-electron chi connectivity index (χ3n) is 4.98. The largest absolute Gasteiger partial charge is 0.353 e. The zero-order valence-electron chi connectivity index (χ0n) is 16.1. The minimum absolute atomic E-state index is 0.0387. The van der Waals surface area contributed by atoms with Crippen molar-refractivity contribution in [2.75, 3.05) is 13.1 Å². The van der Waals surface area contributed by atoms with E-state index < -0.39 is 0 Å². The van der Waals surface area contributed by atoms with Crippen molar-refractivity contribution in [2.24, 2.45) is 0 Å². The van der Waals surface area contributed by atoms with Gasteiger partial charge in [-0.25, -0.2) is 9.97 Å². The van der Waals surface area contributed by atoms with E-state index in [4.69, 9.17) is 10.1 Å². The summed E-state index contributed by atoms with van der Waals surface area (Å²) in [5.74, 6) is 2.09. The summed E-state index contributed by atoms with van der Waals surface area (Å²) in [6.45, 7) is 5.74. The van der Waals surface area contributed by atoms with Gasteiger partial charge in [-0.05, 0) is 26.0 Å². The lowest BCUT2D eigenvalue weighted by molar-refractivity contribution is -0.130. The molecule has 1 saturated heterocycles. The van der Waals surface area contributed by atoms with Crippen LogP contribution in [0.1, 0.15) is 19.7 Å². The number of benzene rings is 1. The fourth-order valence-electron chi connectivity index (χ4n) is 3.58. The molecule has 3 heterocycles. The van der Waals surface area contributed by atoms with Crippen LogP contribution in [0.25, 0.3) is 17.2 Å². The van der Waals surface area contributed by atoms with Crippen molar-refractivity contribution in [3.8, 4) is 17.2 Å². The molecule has 7 heteroatoms. The molecule has 3 aromatic rings. The molecule has 0 aliphatic carbocycles. The Kier molecular flexibility index (Phi) is 5.16. The lowest BCUT2D eigenvalue weighted by Gasteiger charge is -2.37. The summed E-state index contributed by atoms with van der Waals surface area (Å²) in [6, 6.07) is 15.5. The van der Waals surface area contributed by atoms with E-state index in [0.717, 1.165) is 17.9 Å². The highest BCUT2D eigenvalue weighted by Crippen LogP contribution is 2.20. The van der Waals surface area contributed by atoms with Crippen molar-refractivity contribution in [1.82, 2.24) is 30.0 Å². The van der Waals surface area contributed by atoms with Gasteiger partial charge >= 0.3 is 0 Å². The van der Waals surface area contributed by atoms with Crippen LogP contribution in [0.4, 0.5) is 0 Å². The molecule has 2 aromatic heterocycles. The number of pyridine rings is 1. The van der Waals surface area contributed by atoms with Gasteiger partial charge in [-0.1, -0.05) is 36.4 Å². The average Bonchev–Trinajstić information content (AvgIpc) is 3.14. The fraction of sp³-hybridized carbons (Fsp3) is 0.333. The Labute approximate surface area is 164 Å². The molecule has 1 aromatic carbocycles. The van der Waals surface area contributed by atoms with E-state index in [2.05, 4.69) is 29.0 Å². The summed E-state index contributed by atoms with van der Waals surface area (Å²) in [5.41, 5.74) is 0.937. The minimum atomic E-state index is -0.274. The van der Waals surface area contributed by atoms with Crippen molar-refractivity contribution in [2.45, 2.75) is 32.4 Å². The van der Waals surface area contributed by atoms with Crippen molar-refractivity contribution in [1.29, 1.82) is 0 Å². The summed E-state index contributed by atoms with van der Waals surface area (Å²) in [6.07, 6.45) is 2.21. The van der Waals surface area contributed by atoms with Gasteiger partial charge in [0, 0.05) is 37.3 Å². The third-order valence-corrected chi connectivity index (χ3v) is 4.98. The smallest absolute Gasteiger partial charge is 0.237 e. The Morgan fingerprint density at radius 2 is 1.93 bits per heavy atom. The van der Waals surface area contributed by atoms with E-state index in [1.807, 2.05) is 48.5 Å². The number of aromatic nitrogens is 4. The van der Waals surface area contributed by atoms with Crippen LogP contribution in [0, 0.1) is 0 Å². The molecule has 1 atom stereocenters. The van der Waals surface area contributed by atoms with E-state index >= 15 is 0 Å². The Morgan fingerprint density at radius 3 is 2.64 bits per heavy atom. The highest BCUT2D eigenvalue weighted by molar-refractivity contribution is 5.82. The molecule has 4 rings (SSSR count). The predicted molar refractivity (Wildman–Crippen MR) is 107 cm³/mol. The molecule has 1 aliphatic rings. The molecule has 1 aliphatic heterocycles. The first-order valence-electron chi connectivity index (χ1n) is 9.59. The first kappa shape index (κ1) is 18.3. The Morgan fingerprint density at radius 1 is 1.14 bits per heavy atom. The van der Waals surface area contributed by atoms with Gasteiger partial charge in [-0.2, -0.15) is 4.68 Å². The number of hydrogen-bond acceptors (Lipinski definition) is 5. The number of piperazine rings is 1. The first-order valence-corrected chi connectivity index (χ1v) is 9.59. The molecule has 144 valence electrons. The molecule has 28 heavy (non-hydrogen) atoms. The molecular weight excluding hydrogens is 352 g/mol. The van der Waals surface area contributed by atoms with Gasteiger partial charge in [-0.3, -0.25) is 9.69 Å². The van der Waals surface area contributed by atoms with Crippen molar-refractivity contribution < 1.29 is 4.79 Å². The maximum Gasteiger partial charge on any atom is 0.237 e. The van der Waals surface area contributed by atoms with Crippen LogP contribution in [-0.2, 0) is 11.2 Å². The molecule has 0 bridgehead atoms. The molecule has 0 saturated carbocycles. The Balaban J connectivity index is 1.74. The second-order valence-electron chi connectivity index (χ2n) is 7.16. The molecule has 0 spiro atoms. The van der Waals surface area contributed by atoms with Gasteiger partial charge in [0.2, 0.25) is 5.91 Å². The zero-order valence-corrected chi connectivity index (χ0v) is 16.1. The van der Waals surface area contributed by atoms with Gasteiger partial charge in [0.25, 0.3) is 0 Å². The maximum absolute atomic E-state index is 12.6. The number of nitrogens with one attached hydrogen (secondary N) is 1. The minimum Gasteiger partial charge on any atom is -0.353 e. The van der Waals surface area contributed by atoms with Gasteiger partial charge in [0.15, 0.2) is 11.6 Å². The quantitative estimate of drug-likeness (QED) is 0.738. The molecule has 0 unspecified atom stereocenters. The van der Waals surface area contributed by atoms with E-state index in [1.54, 1.807) is 10.9 Å². The van der Waals surface area contributed by atoms with Gasteiger partial charge in [0.05, 0.1) is 6.04 Å². The number of hydrogen-bond donors (Lipinski definition) is 1. The maximum atomic E-state index is 12.6. The summed E-state index contributed by atoms with van der Waals surface area (Å²) < 4.78 is 1.75. The van der Waals surface area contributed by atoms with Crippen LogP contribution < -0.4 is 5.32 Å². The van der Waals surface area contributed by atoms with Crippen LogP contribution in [0.15, 0.2) is 54.7 Å². The number of carbonyl (C=O) groups excluding carboxylic acids is 1. The van der Waals surface area contributed by atoms with E-state index in [-0.39, 0.29) is 18.0 Å². The predicted octanol–water partition coefficient (Wildman–Crippen LogP) is 2.08. The molecule has 0 radical (unpaired) electrons. The second kappa shape index (κ2) is 7.90. The highest BCUT2D eigenvalue weighted by Gasteiger charge is 2.33. The number of rotatable bonds is 5. The highest BCUT2D eigenvalue weighted by atomic mass is 16.2. The monoisotopic (exact) mass is 376 g/mol. The SMILES string of the molecule is CC(C)N1CCNC(=O)[C@H]1Cc1nc(-c2ccccc2)nn1-c1ccccn1. The van der Waals surface area contributed by atoms with Crippen molar-refractivity contribution in [3.63, 3.8) is 0 Å². The normalized spacial score (nSPS) is 17.7. The summed E-state index contributed by atoms with van der Waals surface area (Å²) in [7, 11) is 0. The molecule has 1 fully saturated rings. The Bertz CT molecular complexity index is 938. The van der Waals surface area contributed by atoms with Crippen LogP contribution >= 0.6 is 0 Å². The van der Waals surface area contributed by atoms with Crippen molar-refractivity contribution >= 4 is 5.91 Å². The summed E-state index contributed by atoms with van der Waals surface area (Å²) >= 11 is 0. The van der Waals surface area contributed by atoms with Crippen LogP contribution in [0.2, 0.25) is 0 Å². The molecule has 1 amide bonds. The van der Waals surface area contributed by atoms with Gasteiger partial charge in [-0.15, -0.1) is 5.10 Å². The lowest BCUT2D eigenvalue weighted by atomic mass is 10.1. The number of nitrogens with zero attached hydrogens (tertiary/aromatic N) is 5. The van der Waals surface area contributed by atoms with Crippen molar-refractivity contribution in [3.05, 3.63) is 60.6 Å². The number of carbonyl (C=O) groups is 1. The summed E-state index contributed by atoms with van der Waals surface area (Å²) in [4.78, 5) is 24.0. The second-order valence-corrected chi connectivity index (χ2v) is 7.16. The fourth-order valence-corrected chi connectivity index (χ4v) is 3.58. The van der Waals surface area contributed by atoms with E-state index in [9.17, 15) is 4.79 Å². The van der Waals surface area contributed by atoms with Gasteiger partial charge < -0.3 is 5.32 Å². The first-order chi connectivity index (χ1) is 13.6. The Hall–Kier alpha value is -3.06. The van der Waals surface area contributed by atoms with E-state index in [0.29, 0.717) is 24.6 Å².